The average molecular weight is 339 g/mol. The van der Waals surface area contributed by atoms with Gasteiger partial charge in [-0.15, -0.1) is 0 Å². The molecule has 0 saturated carbocycles. The average Bonchev–Trinajstić information content (AvgIpc) is 2.38. The smallest absolute Gasteiger partial charge is 0.201 e. The highest BCUT2D eigenvalue weighted by atomic mass is 33.1. The Morgan fingerprint density at radius 3 is 2.40 bits per heavy atom. The van der Waals surface area contributed by atoms with Gasteiger partial charge >= 0.3 is 0 Å². The molecule has 0 bridgehead atoms. The van der Waals surface area contributed by atoms with Gasteiger partial charge < -0.3 is 10.5 Å². The number of nitrogen functional groups attached to an aromatic ring is 1. The predicted molar refractivity (Wildman–Crippen MR) is 81.4 cm³/mol. The molecule has 0 amide bonds. The van der Waals surface area contributed by atoms with Crippen molar-refractivity contribution < 1.29 is 21.6 Å². The zero-order valence-corrected chi connectivity index (χ0v) is 13.6. The second kappa shape index (κ2) is 6.68. The zero-order valence-electron chi connectivity index (χ0n) is 11.2. The molecule has 114 valence electrons. The van der Waals surface area contributed by atoms with Gasteiger partial charge in [0.05, 0.1) is 29.2 Å². The molecule has 0 aliphatic heterocycles. The van der Waals surface area contributed by atoms with Crippen molar-refractivity contribution in [3.8, 4) is 5.75 Å². The van der Waals surface area contributed by atoms with E-state index >= 15 is 0 Å². The molecule has 2 N–H and O–H groups in total. The van der Waals surface area contributed by atoms with Gasteiger partial charge in [-0.1, -0.05) is 6.92 Å². The highest BCUT2D eigenvalue weighted by Gasteiger charge is 2.18. The number of hydrogen-bond acceptors (Lipinski definition) is 7. The zero-order chi connectivity index (χ0) is 15.4. The van der Waals surface area contributed by atoms with Crippen LogP contribution in [0.15, 0.2) is 23.1 Å². The number of ether oxygens (including phenoxy) is 1. The molecule has 1 rings (SSSR count). The van der Waals surface area contributed by atoms with Gasteiger partial charge in [0.2, 0.25) is 8.87 Å². The Labute approximate surface area is 122 Å². The topological polar surface area (TPSA) is 104 Å². The van der Waals surface area contributed by atoms with Crippen molar-refractivity contribution in [3.05, 3.63) is 18.2 Å². The van der Waals surface area contributed by atoms with E-state index in [1.54, 1.807) is 0 Å². The van der Waals surface area contributed by atoms with E-state index in [0.29, 0.717) is 16.5 Å². The molecule has 0 unspecified atom stereocenters. The second-order valence-corrected chi connectivity index (χ2v) is 10.6. The third kappa shape index (κ3) is 4.57. The lowest BCUT2D eigenvalue weighted by atomic mass is 10.3. The molecule has 1 aromatic carbocycles. The molecule has 0 saturated heterocycles. The molecule has 0 aromatic heterocycles. The van der Waals surface area contributed by atoms with Crippen LogP contribution in [0.1, 0.15) is 6.92 Å². The van der Waals surface area contributed by atoms with E-state index in [9.17, 15) is 16.8 Å². The molecule has 0 heterocycles. The summed E-state index contributed by atoms with van der Waals surface area (Å²) in [5, 5.41) is 0. The number of anilines is 1. The Morgan fingerprint density at radius 2 is 1.90 bits per heavy atom. The minimum Gasteiger partial charge on any atom is -0.495 e. The summed E-state index contributed by atoms with van der Waals surface area (Å²) in [7, 11) is -4.71. The van der Waals surface area contributed by atoms with Crippen LogP contribution in [-0.4, -0.2) is 41.2 Å². The maximum Gasteiger partial charge on any atom is 0.201 e. The van der Waals surface area contributed by atoms with Gasteiger partial charge in [0, 0.05) is 5.75 Å². The number of hydrogen-bond donors (Lipinski definition) is 1. The van der Waals surface area contributed by atoms with Crippen LogP contribution in [0.2, 0.25) is 0 Å². The van der Waals surface area contributed by atoms with Gasteiger partial charge in [-0.3, -0.25) is 0 Å². The summed E-state index contributed by atoms with van der Waals surface area (Å²) in [6.45, 7) is 1.51. The number of rotatable bonds is 7. The number of nitrogens with two attached hydrogens (primary N) is 1. The van der Waals surface area contributed by atoms with Crippen LogP contribution in [0, 0.1) is 0 Å². The summed E-state index contributed by atoms with van der Waals surface area (Å²) in [5.74, 6) is 0.104. The molecule has 6 nitrogen and oxygen atoms in total. The first-order valence-electron chi connectivity index (χ1n) is 5.75. The summed E-state index contributed by atoms with van der Waals surface area (Å²) < 4.78 is 51.6. The fourth-order valence-electron chi connectivity index (χ4n) is 1.38. The van der Waals surface area contributed by atoms with E-state index in [1.165, 1.54) is 32.2 Å². The summed E-state index contributed by atoms with van der Waals surface area (Å²) in [4.78, 5) is 0.0605. The van der Waals surface area contributed by atoms with Gasteiger partial charge in [0.15, 0.2) is 9.84 Å². The predicted octanol–water partition coefficient (Wildman–Crippen LogP) is 1.13. The Kier molecular flexibility index (Phi) is 5.72. The highest BCUT2D eigenvalue weighted by Crippen LogP contribution is 2.25. The van der Waals surface area contributed by atoms with Crippen LogP contribution in [0.25, 0.3) is 0 Å². The minimum absolute atomic E-state index is 0.00948. The molecule has 9 heteroatoms. The van der Waals surface area contributed by atoms with Crippen molar-refractivity contribution in [2.75, 3.05) is 30.1 Å². The first kappa shape index (κ1) is 17.1. The maximum atomic E-state index is 12.1. The molecule has 0 spiro atoms. The molecule has 0 atom stereocenters. The van der Waals surface area contributed by atoms with Crippen molar-refractivity contribution in [3.63, 3.8) is 0 Å². The number of benzene rings is 1. The third-order valence-electron chi connectivity index (χ3n) is 2.53. The molecule has 0 aliphatic carbocycles. The van der Waals surface area contributed by atoms with Gasteiger partial charge in [0.1, 0.15) is 5.75 Å². The van der Waals surface area contributed by atoms with Crippen molar-refractivity contribution in [2.24, 2.45) is 0 Å². The van der Waals surface area contributed by atoms with Crippen LogP contribution < -0.4 is 10.5 Å². The monoisotopic (exact) mass is 339 g/mol. The third-order valence-corrected chi connectivity index (χ3v) is 8.22. The van der Waals surface area contributed by atoms with E-state index in [2.05, 4.69) is 0 Å². The molecular formula is C11H17NO5S3. The number of methoxy groups -OCH3 is 1. The van der Waals surface area contributed by atoms with Crippen LogP contribution in [0.3, 0.4) is 0 Å². The van der Waals surface area contributed by atoms with E-state index in [-0.39, 0.29) is 27.8 Å². The largest absolute Gasteiger partial charge is 0.495 e. The Hall–Kier alpha value is -0.930. The molecule has 20 heavy (non-hydrogen) atoms. The summed E-state index contributed by atoms with van der Waals surface area (Å²) in [6, 6.07) is 4.18. The van der Waals surface area contributed by atoms with Crippen molar-refractivity contribution in [2.45, 2.75) is 11.8 Å². The van der Waals surface area contributed by atoms with Gasteiger partial charge in [-0.2, -0.15) is 0 Å². The molecule has 0 fully saturated rings. The molecule has 0 radical (unpaired) electrons. The van der Waals surface area contributed by atoms with Crippen LogP contribution >= 0.6 is 10.8 Å². The minimum atomic E-state index is -3.56. The van der Waals surface area contributed by atoms with Gasteiger partial charge in [-0.25, -0.2) is 16.8 Å². The first-order chi connectivity index (χ1) is 9.22. The first-order valence-corrected chi connectivity index (χ1v) is 10.6. The summed E-state index contributed by atoms with van der Waals surface area (Å²) >= 11 is 0. The van der Waals surface area contributed by atoms with E-state index < -0.39 is 18.7 Å². The molecule has 1 aromatic rings. The quantitative estimate of drug-likeness (QED) is 0.586. The van der Waals surface area contributed by atoms with Crippen LogP contribution in [0.5, 0.6) is 5.75 Å². The van der Waals surface area contributed by atoms with Crippen molar-refractivity contribution in [1.82, 2.24) is 0 Å². The number of sulfone groups is 1. The van der Waals surface area contributed by atoms with Gasteiger partial charge in [0.25, 0.3) is 0 Å². The van der Waals surface area contributed by atoms with E-state index in [4.69, 9.17) is 10.5 Å². The lowest BCUT2D eigenvalue weighted by Crippen LogP contribution is -2.11. The molecule has 0 aliphatic rings. The lowest BCUT2D eigenvalue weighted by Gasteiger charge is -2.08. The van der Waals surface area contributed by atoms with Crippen molar-refractivity contribution in [1.29, 1.82) is 0 Å². The normalized spacial score (nSPS) is 12.3. The molecular weight excluding hydrogens is 322 g/mol. The second-order valence-electron chi connectivity index (χ2n) is 3.89. The SMILES string of the molecule is CCS(=O)(=O)SCCS(=O)(=O)c1ccc(OC)c(N)c1. The van der Waals surface area contributed by atoms with Crippen molar-refractivity contribution >= 4 is 35.2 Å². The fourth-order valence-corrected chi connectivity index (χ4v) is 5.64. The van der Waals surface area contributed by atoms with E-state index in [0.717, 1.165) is 0 Å². The van der Waals surface area contributed by atoms with Crippen LogP contribution in [0.4, 0.5) is 5.69 Å². The fraction of sp³-hybridized carbons (Fsp3) is 0.455. The lowest BCUT2D eigenvalue weighted by molar-refractivity contribution is 0.416. The standard InChI is InChI=1S/C11H17NO5S3/c1-3-20(15,16)18-6-7-19(13,14)9-4-5-11(17-2)10(12)8-9/h4-5,8H,3,6-7,12H2,1-2H3. The summed E-state index contributed by atoms with van der Waals surface area (Å²) in [6.07, 6.45) is 0. The Morgan fingerprint density at radius 1 is 1.25 bits per heavy atom. The van der Waals surface area contributed by atoms with E-state index in [1.807, 2.05) is 0 Å². The Balaban J connectivity index is 2.82. The Bertz CT molecular complexity index is 667. The van der Waals surface area contributed by atoms with Gasteiger partial charge in [-0.05, 0) is 29.0 Å². The maximum absolute atomic E-state index is 12.1. The summed E-state index contributed by atoms with van der Waals surface area (Å²) in [5.41, 5.74) is 5.88. The highest BCUT2D eigenvalue weighted by molar-refractivity contribution is 8.72. The van der Waals surface area contributed by atoms with Crippen LogP contribution in [-0.2, 0) is 18.7 Å².